The zero-order valence-electron chi connectivity index (χ0n) is 32.8. The van der Waals surface area contributed by atoms with Crippen LogP contribution >= 0.6 is 0 Å². The third kappa shape index (κ3) is 8.79. The number of allylic oxidation sites excluding steroid dienone is 8. The van der Waals surface area contributed by atoms with Crippen LogP contribution in [0.15, 0.2) is 139 Å². The van der Waals surface area contributed by atoms with Gasteiger partial charge in [0.05, 0.1) is 13.4 Å². The standard InChI is InChI=1S/C51H58N3/c1-37-13-7-10-16-46(37)49-28-25-40(34-52(49)4)19-22-43-31-44(23-20-41-26-29-50(53(5)35-41)47-17-11-8-14-38(47)2)33-45(32-43)24-21-42-27-30-51(54(6)36-42)48-18-12-9-15-39(48)3/h7-18,25-30,34-37,43-45H,4-6,19-24,31-33H2,1-3H3/q+1/t37?,43?,44-,45+. The Balaban J connectivity index is 1.01. The van der Waals surface area contributed by atoms with Gasteiger partial charge in [-0.2, -0.15) is 4.24 Å². The van der Waals surface area contributed by atoms with E-state index in [4.69, 9.17) is 0 Å². The van der Waals surface area contributed by atoms with Crippen molar-refractivity contribution in [3.63, 3.8) is 0 Å². The predicted octanol–water partition coefficient (Wildman–Crippen LogP) is 10.2. The summed E-state index contributed by atoms with van der Waals surface area (Å²) in [5, 5.41) is 1.20. The van der Waals surface area contributed by atoms with E-state index in [0.717, 1.165) is 37.0 Å². The average molecular weight is 713 g/mol. The van der Waals surface area contributed by atoms with Crippen LogP contribution in [0.3, 0.4) is 0 Å². The van der Waals surface area contributed by atoms with Crippen molar-refractivity contribution >= 4 is 19.0 Å². The molecule has 4 aliphatic rings. The van der Waals surface area contributed by atoms with Crippen LogP contribution in [0.1, 0.15) is 86.1 Å². The molecule has 3 nitrogen and oxygen atoms in total. The summed E-state index contributed by atoms with van der Waals surface area (Å²) in [7, 11) is 0. The van der Waals surface area contributed by atoms with E-state index in [1.165, 1.54) is 100 Å². The van der Waals surface area contributed by atoms with Crippen LogP contribution in [0.4, 0.5) is 0 Å². The van der Waals surface area contributed by atoms with Crippen molar-refractivity contribution in [1.82, 2.24) is 0 Å². The molecule has 2 aliphatic carbocycles. The van der Waals surface area contributed by atoms with Crippen LogP contribution in [0.5, 0.6) is 0 Å². The Labute approximate surface area is 324 Å². The molecule has 1 fully saturated rings. The highest BCUT2D eigenvalue weighted by Crippen LogP contribution is 2.41. The molecule has 0 bridgehead atoms. The molecule has 0 radical (unpaired) electrons. The second-order valence-corrected chi connectivity index (χ2v) is 16.2. The van der Waals surface area contributed by atoms with Gasteiger partial charge in [-0.1, -0.05) is 105 Å². The molecule has 276 valence electrons. The highest BCUT2D eigenvalue weighted by molar-refractivity contribution is 5.61. The number of aromatic nitrogens is 1. The second kappa shape index (κ2) is 16.9. The molecule has 7 rings (SSSR count). The maximum atomic E-state index is 4.41. The Kier molecular flexibility index (Phi) is 11.6. The summed E-state index contributed by atoms with van der Waals surface area (Å²) >= 11 is 0. The molecule has 1 saturated carbocycles. The Morgan fingerprint density at radius 1 is 0.630 bits per heavy atom. The van der Waals surface area contributed by atoms with E-state index >= 15 is 0 Å². The van der Waals surface area contributed by atoms with Crippen molar-refractivity contribution in [3.8, 4) is 0 Å². The molecule has 4 atom stereocenters. The number of aryl methyl sites for hydroxylation is 3. The number of pyridine rings is 1. The van der Waals surface area contributed by atoms with Crippen LogP contribution in [0.25, 0.3) is 5.57 Å². The summed E-state index contributed by atoms with van der Waals surface area (Å²) in [5.74, 6) is 2.59. The SMILES string of the molecule is C=[N+]1C=C(CC[C@@H]2CC(CCc3ccc(=C4C=CC=CC4C)[n+](=C)c3)C[C@H](CCC3=C[N+](=C)[C-](c4ccccc4C)C=C3)C2)C=C[C-]1c1ccccc1C. The predicted molar refractivity (Wildman–Crippen MR) is 225 cm³/mol. The fourth-order valence-electron chi connectivity index (χ4n) is 9.19. The van der Waals surface area contributed by atoms with Gasteiger partial charge >= 0.3 is 0 Å². The molecule has 3 heteroatoms. The molecule has 0 amide bonds. The van der Waals surface area contributed by atoms with Gasteiger partial charge in [0.1, 0.15) is 31.2 Å². The highest BCUT2D eigenvalue weighted by atomic mass is 15.0. The molecule has 2 aliphatic heterocycles. The summed E-state index contributed by atoms with van der Waals surface area (Å²) in [6.45, 7) is 19.8. The lowest BCUT2D eigenvalue weighted by Gasteiger charge is -2.36. The first kappa shape index (κ1) is 37.2. The second-order valence-electron chi connectivity index (χ2n) is 16.2. The van der Waals surface area contributed by atoms with E-state index in [9.17, 15) is 0 Å². The maximum Gasteiger partial charge on any atom is 0.213 e. The molecule has 3 aromatic rings. The van der Waals surface area contributed by atoms with Gasteiger partial charge in [-0.15, -0.1) is 12.1 Å². The third-order valence-corrected chi connectivity index (χ3v) is 12.2. The van der Waals surface area contributed by atoms with E-state index in [1.54, 1.807) is 0 Å². The topological polar surface area (TPSA) is 11.9 Å². The Morgan fingerprint density at radius 2 is 1.15 bits per heavy atom. The van der Waals surface area contributed by atoms with Gasteiger partial charge in [0.2, 0.25) is 5.35 Å². The van der Waals surface area contributed by atoms with Gasteiger partial charge < -0.3 is 0 Å². The van der Waals surface area contributed by atoms with Crippen molar-refractivity contribution in [2.75, 3.05) is 0 Å². The smallest absolute Gasteiger partial charge is 0.213 e. The first-order valence-corrected chi connectivity index (χ1v) is 20.1. The number of benzene rings is 2. The minimum absolute atomic E-state index is 0.402. The fraction of sp³-hybridized carbons (Fsp3) is 0.314. The maximum absolute atomic E-state index is 4.41. The quantitative estimate of drug-likeness (QED) is 0.139. The van der Waals surface area contributed by atoms with Crippen LogP contribution in [0, 0.1) is 56.3 Å². The van der Waals surface area contributed by atoms with E-state index in [1.807, 2.05) is 0 Å². The van der Waals surface area contributed by atoms with Crippen LogP contribution < -0.4 is 9.59 Å². The Bertz CT molecular complexity index is 2090. The lowest BCUT2D eigenvalue weighted by molar-refractivity contribution is -0.514. The summed E-state index contributed by atoms with van der Waals surface area (Å²) < 4.78 is 6.24. The van der Waals surface area contributed by atoms with Gasteiger partial charge in [0.15, 0.2) is 6.20 Å². The minimum atomic E-state index is 0.402. The van der Waals surface area contributed by atoms with Crippen molar-refractivity contribution in [3.05, 3.63) is 191 Å². The van der Waals surface area contributed by atoms with Gasteiger partial charge in [-0.3, -0.25) is 9.15 Å². The van der Waals surface area contributed by atoms with Gasteiger partial charge in [0.25, 0.3) is 0 Å². The first-order chi connectivity index (χ1) is 26.2. The number of hydrogen-bond donors (Lipinski definition) is 0. The normalized spacial score (nSPS) is 23.5. The Hall–Kier alpha value is -5.15. The molecule has 0 spiro atoms. The molecule has 2 unspecified atom stereocenters. The molecule has 54 heavy (non-hydrogen) atoms. The van der Waals surface area contributed by atoms with E-state index in [0.29, 0.717) is 5.92 Å². The summed E-state index contributed by atoms with van der Waals surface area (Å²) in [6, 6.07) is 24.1. The highest BCUT2D eigenvalue weighted by Gasteiger charge is 2.30. The average Bonchev–Trinajstić information content (AvgIpc) is 3.17. The van der Waals surface area contributed by atoms with Gasteiger partial charge in [-0.25, -0.2) is 0 Å². The first-order valence-electron chi connectivity index (χ1n) is 20.1. The molecule has 0 saturated heterocycles. The van der Waals surface area contributed by atoms with Crippen molar-refractivity contribution < 1.29 is 13.4 Å². The molecular weight excluding hydrogens is 655 g/mol. The third-order valence-electron chi connectivity index (χ3n) is 12.2. The summed E-state index contributed by atoms with van der Waals surface area (Å²) in [4.78, 5) is 0. The lowest BCUT2D eigenvalue weighted by Crippen LogP contribution is -2.38. The molecule has 2 aromatic carbocycles. The molecular formula is C51H58N3+. The zero-order chi connectivity index (χ0) is 37.6. The van der Waals surface area contributed by atoms with Crippen LogP contribution in [-0.4, -0.2) is 22.6 Å². The molecule has 3 heterocycles. The summed E-state index contributed by atoms with van der Waals surface area (Å²) in [6.07, 6.45) is 35.7. The van der Waals surface area contributed by atoms with Crippen LogP contribution in [-0.2, 0) is 6.42 Å². The van der Waals surface area contributed by atoms with E-state index in [2.05, 4.69) is 182 Å². The number of nitrogens with zero attached hydrogens (tertiary/aromatic N) is 3. The fourth-order valence-corrected chi connectivity index (χ4v) is 9.19. The number of hydrogen-bond acceptors (Lipinski definition) is 0. The van der Waals surface area contributed by atoms with Crippen molar-refractivity contribution in [2.45, 2.75) is 78.6 Å². The van der Waals surface area contributed by atoms with Crippen molar-refractivity contribution in [2.24, 2.45) is 23.7 Å². The van der Waals surface area contributed by atoms with E-state index < -0.39 is 0 Å². The monoisotopic (exact) mass is 712 g/mol. The van der Waals surface area contributed by atoms with Crippen LogP contribution in [0.2, 0.25) is 0 Å². The zero-order valence-corrected chi connectivity index (χ0v) is 32.8. The van der Waals surface area contributed by atoms with Gasteiger partial charge in [0, 0.05) is 23.1 Å². The lowest BCUT2D eigenvalue weighted by atomic mass is 9.70. The Morgan fingerprint density at radius 3 is 1.63 bits per heavy atom. The van der Waals surface area contributed by atoms with Gasteiger partial charge in [-0.05, 0) is 116 Å². The largest absolute Gasteiger partial charge is 0.255 e. The molecule has 0 N–H and O–H groups in total. The van der Waals surface area contributed by atoms with E-state index in [-0.39, 0.29) is 0 Å². The molecule has 1 aromatic heterocycles. The number of rotatable bonds is 11. The minimum Gasteiger partial charge on any atom is -0.255 e. The van der Waals surface area contributed by atoms with Crippen molar-refractivity contribution in [1.29, 1.82) is 0 Å². The summed E-state index contributed by atoms with van der Waals surface area (Å²) in [5.41, 5.74) is 10.5.